The molecule has 3 heterocycles. The summed E-state index contributed by atoms with van der Waals surface area (Å²) >= 11 is 0. The van der Waals surface area contributed by atoms with Crippen molar-refractivity contribution in [1.29, 1.82) is 0 Å². The van der Waals surface area contributed by atoms with Gasteiger partial charge >= 0.3 is 6.18 Å². The zero-order chi connectivity index (χ0) is 16.6. The molecule has 128 valence electrons. The Balaban J connectivity index is 1.92. The molecule has 0 radical (unpaired) electrons. The second-order valence-electron chi connectivity index (χ2n) is 6.77. The summed E-state index contributed by atoms with van der Waals surface area (Å²) in [5, 5.41) is 0. The molecule has 0 aliphatic carbocycles. The molecular formula is C17H24F3N3. The van der Waals surface area contributed by atoms with E-state index in [0.29, 0.717) is 12.2 Å². The largest absolute Gasteiger partial charge is 0.420 e. The highest BCUT2D eigenvalue weighted by Gasteiger charge is 2.40. The van der Waals surface area contributed by atoms with Crippen molar-refractivity contribution in [3.05, 3.63) is 22.9 Å². The standard InChI is InChI=1S/C17H24F3N3/c1-12-10-13(2)21-16(15(12)17(18,19)20)23-9-5-6-14(23)11-22-7-3-4-8-22/h10,14H,3-9,11H2,1-2H3. The highest BCUT2D eigenvalue weighted by Crippen LogP contribution is 2.40. The molecule has 2 aliphatic heterocycles. The van der Waals surface area contributed by atoms with Gasteiger partial charge in [0.15, 0.2) is 0 Å². The molecule has 0 amide bonds. The van der Waals surface area contributed by atoms with Gasteiger partial charge in [-0.3, -0.25) is 0 Å². The van der Waals surface area contributed by atoms with E-state index in [-0.39, 0.29) is 17.4 Å². The molecule has 1 aromatic rings. The van der Waals surface area contributed by atoms with Gasteiger partial charge in [0.1, 0.15) is 11.4 Å². The molecule has 6 heteroatoms. The fourth-order valence-corrected chi connectivity index (χ4v) is 3.94. The lowest BCUT2D eigenvalue weighted by molar-refractivity contribution is -0.137. The molecule has 2 fully saturated rings. The Bertz CT molecular complexity index is 565. The minimum atomic E-state index is -4.36. The molecule has 3 rings (SSSR count). The number of alkyl halides is 3. The second kappa shape index (κ2) is 6.30. The van der Waals surface area contributed by atoms with Crippen LogP contribution in [0.15, 0.2) is 6.07 Å². The van der Waals surface area contributed by atoms with Gasteiger partial charge in [-0.15, -0.1) is 0 Å². The zero-order valence-electron chi connectivity index (χ0n) is 13.8. The first-order valence-electron chi connectivity index (χ1n) is 8.40. The molecule has 3 nitrogen and oxygen atoms in total. The van der Waals surface area contributed by atoms with E-state index >= 15 is 0 Å². The van der Waals surface area contributed by atoms with E-state index in [2.05, 4.69) is 9.88 Å². The minimum absolute atomic E-state index is 0.136. The number of anilines is 1. The molecule has 1 unspecified atom stereocenters. The maximum Gasteiger partial charge on any atom is 0.420 e. The Hall–Kier alpha value is -1.30. The van der Waals surface area contributed by atoms with Crippen LogP contribution in [-0.2, 0) is 6.18 Å². The minimum Gasteiger partial charge on any atom is -0.352 e. The van der Waals surface area contributed by atoms with Crippen molar-refractivity contribution >= 4 is 5.82 Å². The van der Waals surface area contributed by atoms with Crippen LogP contribution < -0.4 is 4.90 Å². The van der Waals surface area contributed by atoms with Crippen LogP contribution >= 0.6 is 0 Å². The zero-order valence-corrected chi connectivity index (χ0v) is 13.8. The Morgan fingerprint density at radius 3 is 2.48 bits per heavy atom. The number of halogens is 3. The third-order valence-electron chi connectivity index (χ3n) is 4.93. The lowest BCUT2D eigenvalue weighted by Crippen LogP contribution is -2.40. The van der Waals surface area contributed by atoms with Crippen molar-refractivity contribution < 1.29 is 13.2 Å². The van der Waals surface area contributed by atoms with Crippen LogP contribution in [0.1, 0.15) is 42.5 Å². The summed E-state index contributed by atoms with van der Waals surface area (Å²) < 4.78 is 40.6. The van der Waals surface area contributed by atoms with Gasteiger partial charge in [-0.1, -0.05) is 0 Å². The van der Waals surface area contributed by atoms with Gasteiger partial charge in [0.25, 0.3) is 0 Å². The average molecular weight is 327 g/mol. The summed E-state index contributed by atoms with van der Waals surface area (Å²) in [4.78, 5) is 8.57. The first-order valence-corrected chi connectivity index (χ1v) is 8.40. The Kier molecular flexibility index (Phi) is 4.54. The van der Waals surface area contributed by atoms with Crippen LogP contribution in [0.4, 0.5) is 19.0 Å². The van der Waals surface area contributed by atoms with Crippen molar-refractivity contribution in [2.24, 2.45) is 0 Å². The summed E-state index contributed by atoms with van der Waals surface area (Å²) in [6, 6.07) is 1.67. The van der Waals surface area contributed by atoms with E-state index in [1.54, 1.807) is 6.92 Å². The van der Waals surface area contributed by atoms with Gasteiger partial charge in [-0.25, -0.2) is 4.98 Å². The van der Waals surface area contributed by atoms with E-state index in [0.717, 1.165) is 32.5 Å². The number of pyridine rings is 1. The summed E-state index contributed by atoms with van der Waals surface area (Å²) in [6.07, 6.45) is -0.0848. The van der Waals surface area contributed by atoms with Crippen molar-refractivity contribution in [2.45, 2.75) is 51.7 Å². The lowest BCUT2D eigenvalue weighted by atomic mass is 10.1. The number of likely N-dealkylation sites (tertiary alicyclic amines) is 1. The maximum atomic E-state index is 13.5. The smallest absolute Gasteiger partial charge is 0.352 e. The molecule has 0 bridgehead atoms. The molecule has 0 N–H and O–H groups in total. The Morgan fingerprint density at radius 2 is 1.83 bits per heavy atom. The predicted molar refractivity (Wildman–Crippen MR) is 84.8 cm³/mol. The first-order chi connectivity index (χ1) is 10.9. The predicted octanol–water partition coefficient (Wildman–Crippen LogP) is 3.78. The summed E-state index contributed by atoms with van der Waals surface area (Å²) in [5.41, 5.74) is 0.362. The number of rotatable bonds is 3. The van der Waals surface area contributed by atoms with Gasteiger partial charge < -0.3 is 9.80 Å². The number of nitrogens with zero attached hydrogens (tertiary/aromatic N) is 3. The molecule has 0 spiro atoms. The highest BCUT2D eigenvalue weighted by atomic mass is 19.4. The fourth-order valence-electron chi connectivity index (χ4n) is 3.94. The third-order valence-corrected chi connectivity index (χ3v) is 4.93. The Labute approximate surface area is 135 Å². The fraction of sp³-hybridized carbons (Fsp3) is 0.706. The van der Waals surface area contributed by atoms with E-state index in [1.165, 1.54) is 25.8 Å². The maximum absolute atomic E-state index is 13.5. The van der Waals surface area contributed by atoms with Gasteiger partial charge in [-0.05, 0) is 64.3 Å². The monoisotopic (exact) mass is 327 g/mol. The van der Waals surface area contributed by atoms with Gasteiger partial charge in [0.05, 0.1) is 0 Å². The topological polar surface area (TPSA) is 19.4 Å². The Morgan fingerprint density at radius 1 is 1.13 bits per heavy atom. The number of aromatic nitrogens is 1. The van der Waals surface area contributed by atoms with Gasteiger partial charge in [0, 0.05) is 24.8 Å². The molecular weight excluding hydrogens is 303 g/mol. The third kappa shape index (κ3) is 3.47. The van der Waals surface area contributed by atoms with Crippen molar-refractivity contribution in [2.75, 3.05) is 31.1 Å². The quantitative estimate of drug-likeness (QED) is 0.842. The van der Waals surface area contributed by atoms with Crippen molar-refractivity contribution in [1.82, 2.24) is 9.88 Å². The van der Waals surface area contributed by atoms with Gasteiger partial charge in [-0.2, -0.15) is 13.2 Å². The van der Waals surface area contributed by atoms with E-state index in [1.807, 2.05) is 4.90 Å². The molecule has 23 heavy (non-hydrogen) atoms. The molecule has 1 atom stereocenters. The van der Waals surface area contributed by atoms with E-state index in [9.17, 15) is 13.2 Å². The van der Waals surface area contributed by atoms with Crippen LogP contribution in [0.3, 0.4) is 0 Å². The van der Waals surface area contributed by atoms with Crippen molar-refractivity contribution in [3.8, 4) is 0 Å². The SMILES string of the molecule is Cc1cc(C)c(C(F)(F)F)c(N2CCCC2CN2CCCC2)n1. The number of hydrogen-bond acceptors (Lipinski definition) is 3. The summed E-state index contributed by atoms with van der Waals surface area (Å²) in [5.74, 6) is 0.136. The molecule has 2 saturated heterocycles. The lowest BCUT2D eigenvalue weighted by Gasteiger charge is -2.31. The number of hydrogen-bond donors (Lipinski definition) is 0. The molecule has 2 aliphatic rings. The van der Waals surface area contributed by atoms with E-state index < -0.39 is 11.7 Å². The number of aryl methyl sites for hydroxylation is 2. The average Bonchev–Trinajstić information content (AvgIpc) is 3.08. The molecule has 1 aromatic heterocycles. The van der Waals surface area contributed by atoms with Crippen LogP contribution in [0, 0.1) is 13.8 Å². The van der Waals surface area contributed by atoms with Gasteiger partial charge in [0.2, 0.25) is 0 Å². The first kappa shape index (κ1) is 16.6. The van der Waals surface area contributed by atoms with Crippen LogP contribution in [0.5, 0.6) is 0 Å². The van der Waals surface area contributed by atoms with Crippen LogP contribution in [0.25, 0.3) is 0 Å². The van der Waals surface area contributed by atoms with Crippen molar-refractivity contribution in [3.63, 3.8) is 0 Å². The van der Waals surface area contributed by atoms with Crippen LogP contribution in [0.2, 0.25) is 0 Å². The normalized spacial score (nSPS) is 23.0. The highest BCUT2D eigenvalue weighted by molar-refractivity contribution is 5.54. The summed E-state index contributed by atoms with van der Waals surface area (Å²) in [6.45, 7) is 6.95. The second-order valence-corrected chi connectivity index (χ2v) is 6.77. The van der Waals surface area contributed by atoms with E-state index in [4.69, 9.17) is 0 Å². The molecule has 0 aromatic carbocycles. The molecule has 0 saturated carbocycles. The van der Waals surface area contributed by atoms with Crippen LogP contribution in [-0.4, -0.2) is 42.1 Å². The summed E-state index contributed by atoms with van der Waals surface area (Å²) in [7, 11) is 0.